The van der Waals surface area contributed by atoms with Crippen LogP contribution in [0.5, 0.6) is 0 Å². The Morgan fingerprint density at radius 1 is 0.700 bits per heavy atom. The van der Waals surface area contributed by atoms with Gasteiger partial charge in [0.2, 0.25) is 0 Å². The summed E-state index contributed by atoms with van der Waals surface area (Å²) in [5, 5.41) is 1.83. The summed E-state index contributed by atoms with van der Waals surface area (Å²) < 4.78 is 21.3. The van der Waals surface area contributed by atoms with E-state index in [2.05, 4.69) is 27.7 Å². The van der Waals surface area contributed by atoms with E-state index in [4.69, 9.17) is 4.55 Å². The van der Waals surface area contributed by atoms with Crippen molar-refractivity contribution in [1.29, 1.82) is 0 Å². The normalized spacial score (nSPS) is 12.4. The van der Waals surface area contributed by atoms with Crippen LogP contribution in [0.15, 0.2) is 47.4 Å². The van der Waals surface area contributed by atoms with E-state index in [0.29, 0.717) is 4.90 Å². The van der Waals surface area contributed by atoms with Crippen LogP contribution in [-0.2, 0) is 11.1 Å². The molecular weight excluding hydrogens is 390 g/mol. The van der Waals surface area contributed by atoms with Crippen LogP contribution in [0.1, 0.15) is 79.1 Å². The number of hydrogen-bond acceptors (Lipinski definition) is 1. The summed E-state index contributed by atoms with van der Waals surface area (Å²) in [6.45, 7) is 15.0. The van der Waals surface area contributed by atoms with E-state index < -0.39 is 11.1 Å². The van der Waals surface area contributed by atoms with Crippen LogP contribution < -0.4 is 0 Å². The van der Waals surface area contributed by atoms with Crippen LogP contribution in [0.25, 0.3) is 10.8 Å². The van der Waals surface area contributed by atoms with Crippen LogP contribution in [0.4, 0.5) is 0 Å². The monoisotopic (exact) mass is 434 g/mol. The van der Waals surface area contributed by atoms with Crippen molar-refractivity contribution in [3.05, 3.63) is 42.5 Å². The maximum Gasteiger partial charge on any atom is 0.187 e. The first kappa shape index (κ1) is 26.8. The van der Waals surface area contributed by atoms with E-state index in [9.17, 15) is 4.21 Å². The predicted molar refractivity (Wildman–Crippen MR) is 132 cm³/mol. The zero-order valence-electron chi connectivity index (χ0n) is 19.7. The zero-order valence-corrected chi connectivity index (χ0v) is 20.6. The van der Waals surface area contributed by atoms with Crippen molar-refractivity contribution >= 4 is 21.9 Å². The number of quaternary nitrogens is 1. The molecule has 0 heterocycles. The Labute approximate surface area is 187 Å². The average Bonchev–Trinajstić information content (AvgIpc) is 2.78. The summed E-state index contributed by atoms with van der Waals surface area (Å²) in [5.74, 6) is 0. The molecular formula is C26H44NO2S+. The Morgan fingerprint density at radius 2 is 1.13 bits per heavy atom. The molecule has 0 bridgehead atoms. The predicted octanol–water partition coefficient (Wildman–Crippen LogP) is 7.42. The molecule has 0 aromatic heterocycles. The van der Waals surface area contributed by atoms with Crippen LogP contribution in [0.2, 0.25) is 0 Å². The maximum atomic E-state index is 10.9. The van der Waals surface area contributed by atoms with E-state index >= 15 is 0 Å². The molecule has 1 N–H and O–H groups in total. The summed E-state index contributed by atoms with van der Waals surface area (Å²) in [5.41, 5.74) is 0. The van der Waals surface area contributed by atoms with Gasteiger partial charge in [-0.1, -0.05) is 89.8 Å². The average molecular weight is 435 g/mol. The molecule has 2 rings (SSSR count). The molecule has 0 radical (unpaired) electrons. The summed E-state index contributed by atoms with van der Waals surface area (Å²) in [6, 6.07) is 12.9. The third-order valence-corrected chi connectivity index (χ3v) is 6.61. The fourth-order valence-corrected chi connectivity index (χ4v) is 4.56. The molecule has 1 atom stereocenters. The van der Waals surface area contributed by atoms with Gasteiger partial charge in [-0.15, -0.1) is 0 Å². The SMILES string of the molecule is CCCC[N+](CCCC)(CCCC)CCCC.O=S(O)c1cccc2ccccc12. The Kier molecular flexibility index (Phi) is 13.9. The molecule has 3 nitrogen and oxygen atoms in total. The van der Waals surface area contributed by atoms with Gasteiger partial charge < -0.3 is 9.04 Å². The van der Waals surface area contributed by atoms with Gasteiger partial charge in [-0.3, -0.25) is 0 Å². The molecule has 1 unspecified atom stereocenters. The fraction of sp³-hybridized carbons (Fsp3) is 0.615. The standard InChI is InChI=1S/C16H36N.C10H8O2S/c1-5-9-13-17(14-10-6-2,15-11-7-3)16-12-8-4;11-13(12)10-7-3-5-8-4-1-2-6-9(8)10/h5-16H2,1-4H3;1-7H,(H,11,12)/q+1;. The lowest BCUT2D eigenvalue weighted by molar-refractivity contribution is -0.929. The summed E-state index contributed by atoms with van der Waals surface area (Å²) in [6.07, 6.45) is 11.1. The maximum absolute atomic E-state index is 10.9. The minimum atomic E-state index is -1.90. The summed E-state index contributed by atoms with van der Waals surface area (Å²) in [7, 11) is 0. The molecule has 4 heteroatoms. The Morgan fingerprint density at radius 3 is 1.57 bits per heavy atom. The highest BCUT2D eigenvalue weighted by molar-refractivity contribution is 7.79. The van der Waals surface area contributed by atoms with E-state index in [1.807, 2.05) is 30.3 Å². The topological polar surface area (TPSA) is 37.3 Å². The highest BCUT2D eigenvalue weighted by Gasteiger charge is 2.24. The second-order valence-electron chi connectivity index (χ2n) is 8.38. The molecule has 0 saturated heterocycles. The molecule has 2 aromatic rings. The first-order valence-corrected chi connectivity index (χ1v) is 13.1. The highest BCUT2D eigenvalue weighted by Crippen LogP contribution is 2.20. The molecule has 0 fully saturated rings. The van der Waals surface area contributed by atoms with Gasteiger partial charge in [0.1, 0.15) is 0 Å². The third-order valence-electron chi connectivity index (χ3n) is 5.88. The lowest BCUT2D eigenvalue weighted by Crippen LogP contribution is -2.50. The van der Waals surface area contributed by atoms with Crippen molar-refractivity contribution in [1.82, 2.24) is 0 Å². The first-order valence-electron chi connectivity index (χ1n) is 12.0. The van der Waals surface area contributed by atoms with Crippen molar-refractivity contribution in [2.45, 2.75) is 84.0 Å². The number of hydrogen-bond donors (Lipinski definition) is 1. The number of benzene rings is 2. The second kappa shape index (κ2) is 15.6. The highest BCUT2D eigenvalue weighted by atomic mass is 32.2. The lowest BCUT2D eigenvalue weighted by atomic mass is 10.1. The first-order chi connectivity index (χ1) is 14.5. The minimum Gasteiger partial charge on any atom is -0.324 e. The lowest BCUT2D eigenvalue weighted by Gasteiger charge is -2.39. The zero-order chi connectivity index (χ0) is 22.2. The van der Waals surface area contributed by atoms with E-state index in [1.54, 1.807) is 12.1 Å². The van der Waals surface area contributed by atoms with Gasteiger partial charge in [0.05, 0.1) is 31.1 Å². The Balaban J connectivity index is 0.000000308. The smallest absolute Gasteiger partial charge is 0.187 e. The minimum absolute atomic E-state index is 0.470. The number of nitrogens with zero attached hydrogens (tertiary/aromatic N) is 1. The van der Waals surface area contributed by atoms with Gasteiger partial charge in [-0.2, -0.15) is 0 Å². The summed E-state index contributed by atoms with van der Waals surface area (Å²) >= 11 is -1.90. The van der Waals surface area contributed by atoms with E-state index in [1.165, 1.54) is 82.0 Å². The van der Waals surface area contributed by atoms with Crippen molar-refractivity contribution < 1.29 is 13.2 Å². The third kappa shape index (κ3) is 9.28. The molecule has 0 spiro atoms. The molecule has 170 valence electrons. The Bertz CT molecular complexity index is 689. The molecule has 0 aliphatic rings. The van der Waals surface area contributed by atoms with Gasteiger partial charge in [0.15, 0.2) is 11.1 Å². The van der Waals surface area contributed by atoms with Crippen LogP contribution in [0, 0.1) is 0 Å². The molecule has 0 aliphatic heterocycles. The van der Waals surface area contributed by atoms with E-state index in [-0.39, 0.29) is 0 Å². The van der Waals surface area contributed by atoms with Crippen molar-refractivity contribution in [2.24, 2.45) is 0 Å². The van der Waals surface area contributed by atoms with Gasteiger partial charge in [-0.05, 0) is 37.1 Å². The van der Waals surface area contributed by atoms with Gasteiger partial charge >= 0.3 is 0 Å². The van der Waals surface area contributed by atoms with Gasteiger partial charge in [0.25, 0.3) is 0 Å². The molecule has 2 aromatic carbocycles. The van der Waals surface area contributed by atoms with Crippen molar-refractivity contribution in [2.75, 3.05) is 26.2 Å². The van der Waals surface area contributed by atoms with Crippen LogP contribution in [0.3, 0.4) is 0 Å². The van der Waals surface area contributed by atoms with Gasteiger partial charge in [-0.25, -0.2) is 4.21 Å². The second-order valence-corrected chi connectivity index (χ2v) is 9.31. The van der Waals surface area contributed by atoms with Crippen LogP contribution >= 0.6 is 0 Å². The van der Waals surface area contributed by atoms with Crippen LogP contribution in [-0.4, -0.2) is 39.4 Å². The van der Waals surface area contributed by atoms with Gasteiger partial charge in [0, 0.05) is 5.39 Å². The Hall–Kier alpha value is -1.23. The molecule has 0 amide bonds. The van der Waals surface area contributed by atoms with E-state index in [0.717, 1.165) is 10.8 Å². The quantitative estimate of drug-likeness (QED) is 0.263. The summed E-state index contributed by atoms with van der Waals surface area (Å²) in [4.78, 5) is 0.470. The number of unbranched alkanes of at least 4 members (excludes halogenated alkanes) is 4. The number of rotatable bonds is 13. The molecule has 0 aliphatic carbocycles. The fourth-order valence-electron chi connectivity index (χ4n) is 3.99. The molecule has 30 heavy (non-hydrogen) atoms. The molecule has 0 saturated carbocycles. The van der Waals surface area contributed by atoms with Crippen molar-refractivity contribution in [3.63, 3.8) is 0 Å². The largest absolute Gasteiger partial charge is 0.324 e. The number of fused-ring (bicyclic) bond motifs is 1. The van der Waals surface area contributed by atoms with Crippen molar-refractivity contribution in [3.8, 4) is 0 Å².